The molecule has 0 saturated heterocycles. The molecule has 0 spiro atoms. The lowest BCUT2D eigenvalue weighted by Crippen LogP contribution is -2.41. The van der Waals surface area contributed by atoms with Crippen LogP contribution in [0.2, 0.25) is 0 Å². The Morgan fingerprint density at radius 1 is 1.18 bits per heavy atom. The highest BCUT2D eigenvalue weighted by Gasteiger charge is 2.07. The van der Waals surface area contributed by atoms with E-state index < -0.39 is 0 Å². The summed E-state index contributed by atoms with van der Waals surface area (Å²) < 4.78 is 10.5. The van der Waals surface area contributed by atoms with E-state index >= 15 is 0 Å². The number of carbonyl (C=O) groups excluding carboxylic acids is 1. The van der Waals surface area contributed by atoms with Crippen molar-refractivity contribution < 1.29 is 13.9 Å². The van der Waals surface area contributed by atoms with Gasteiger partial charge in [-0.05, 0) is 44.0 Å². The molecule has 154 valence electrons. The number of benzene rings is 1. The van der Waals surface area contributed by atoms with Crippen molar-refractivity contribution in [2.75, 3.05) is 33.3 Å². The molecule has 0 aliphatic carbocycles. The van der Waals surface area contributed by atoms with Gasteiger partial charge >= 0.3 is 0 Å². The Hall–Kier alpha value is -2.23. The highest BCUT2D eigenvalue weighted by Crippen LogP contribution is 2.20. The maximum absolute atomic E-state index is 11.8. The number of halogens is 1. The van der Waals surface area contributed by atoms with E-state index in [9.17, 15) is 4.79 Å². The lowest BCUT2D eigenvalue weighted by Gasteiger charge is -2.12. The van der Waals surface area contributed by atoms with Crippen molar-refractivity contribution >= 4 is 35.8 Å². The predicted molar refractivity (Wildman–Crippen MR) is 122 cm³/mol. The summed E-state index contributed by atoms with van der Waals surface area (Å²) in [4.78, 5) is 16.4. The maximum atomic E-state index is 11.8. The molecule has 0 radical (unpaired) electrons. The van der Waals surface area contributed by atoms with Crippen LogP contribution in [0.1, 0.15) is 28.6 Å². The number of rotatable bonds is 9. The number of aryl methyl sites for hydroxylation is 1. The van der Waals surface area contributed by atoms with Gasteiger partial charge in [-0.3, -0.25) is 9.79 Å². The van der Waals surface area contributed by atoms with Crippen molar-refractivity contribution in [1.29, 1.82) is 0 Å². The summed E-state index contributed by atoms with van der Waals surface area (Å²) in [5, 5.41) is 9.20. The number of furan rings is 1. The second kappa shape index (κ2) is 13.0. The third-order valence-corrected chi connectivity index (χ3v) is 3.88. The fraction of sp³-hybridized carbons (Fsp3) is 0.400. The Morgan fingerprint density at radius 3 is 2.64 bits per heavy atom. The van der Waals surface area contributed by atoms with Gasteiger partial charge in [-0.15, -0.1) is 24.0 Å². The van der Waals surface area contributed by atoms with Crippen molar-refractivity contribution in [3.05, 3.63) is 53.5 Å². The number of nitrogens with one attached hydrogen (secondary N) is 3. The Balaban J connectivity index is 0.00000392. The second-order valence-electron chi connectivity index (χ2n) is 5.99. The van der Waals surface area contributed by atoms with Gasteiger partial charge in [0, 0.05) is 26.2 Å². The van der Waals surface area contributed by atoms with E-state index in [1.165, 1.54) is 11.8 Å². The number of hydrogen-bond acceptors (Lipinski definition) is 4. The molecule has 0 aliphatic heterocycles. The van der Waals surface area contributed by atoms with E-state index in [1.54, 1.807) is 19.2 Å². The SMILES string of the molecule is CCNC(=NCCc1cc(C)ccc1OC)NCCNC(=O)c1ccco1.I. The van der Waals surface area contributed by atoms with Crippen molar-refractivity contribution in [1.82, 2.24) is 16.0 Å². The first-order chi connectivity index (χ1) is 13.1. The molecule has 8 heteroatoms. The largest absolute Gasteiger partial charge is 0.496 e. The molecule has 7 nitrogen and oxygen atoms in total. The molecule has 1 heterocycles. The summed E-state index contributed by atoms with van der Waals surface area (Å²) >= 11 is 0. The van der Waals surface area contributed by atoms with Gasteiger partial charge in [0.2, 0.25) is 0 Å². The minimum atomic E-state index is -0.227. The van der Waals surface area contributed by atoms with Crippen LogP contribution in [0.5, 0.6) is 5.75 Å². The van der Waals surface area contributed by atoms with Gasteiger partial charge in [0.25, 0.3) is 5.91 Å². The molecule has 1 aromatic carbocycles. The molecular weight excluding hydrogens is 471 g/mol. The van der Waals surface area contributed by atoms with Gasteiger partial charge in [-0.1, -0.05) is 17.7 Å². The number of amides is 1. The molecule has 0 bridgehead atoms. The van der Waals surface area contributed by atoms with Crippen molar-refractivity contribution in [3.63, 3.8) is 0 Å². The highest BCUT2D eigenvalue weighted by atomic mass is 127. The molecule has 2 rings (SSSR count). The summed E-state index contributed by atoms with van der Waals surface area (Å²) in [7, 11) is 1.68. The van der Waals surface area contributed by atoms with Crippen LogP contribution >= 0.6 is 24.0 Å². The van der Waals surface area contributed by atoms with E-state index in [1.807, 2.05) is 19.1 Å². The average Bonchev–Trinajstić information content (AvgIpc) is 3.20. The lowest BCUT2D eigenvalue weighted by atomic mass is 10.1. The van der Waals surface area contributed by atoms with E-state index in [2.05, 4.69) is 33.9 Å². The van der Waals surface area contributed by atoms with E-state index in [0.717, 1.165) is 30.2 Å². The van der Waals surface area contributed by atoms with Crippen LogP contribution < -0.4 is 20.7 Å². The minimum absolute atomic E-state index is 0. The number of guanidine groups is 1. The molecule has 0 aliphatic rings. The zero-order chi connectivity index (χ0) is 19.5. The number of hydrogen-bond donors (Lipinski definition) is 3. The van der Waals surface area contributed by atoms with E-state index in [-0.39, 0.29) is 29.9 Å². The molecule has 0 atom stereocenters. The Morgan fingerprint density at radius 2 is 1.96 bits per heavy atom. The summed E-state index contributed by atoms with van der Waals surface area (Å²) in [6.07, 6.45) is 2.27. The number of ether oxygens (including phenoxy) is 1. The Bertz CT molecular complexity index is 748. The second-order valence-corrected chi connectivity index (χ2v) is 5.99. The smallest absolute Gasteiger partial charge is 0.287 e. The first kappa shape index (κ1) is 23.8. The molecule has 28 heavy (non-hydrogen) atoms. The van der Waals surface area contributed by atoms with Crippen molar-refractivity contribution in [3.8, 4) is 5.75 Å². The van der Waals surface area contributed by atoms with Crippen LogP contribution in [-0.4, -0.2) is 45.2 Å². The quantitative estimate of drug-likeness (QED) is 0.213. The molecule has 0 unspecified atom stereocenters. The summed E-state index contributed by atoms with van der Waals surface area (Å²) in [6, 6.07) is 9.47. The normalized spacial score (nSPS) is 10.8. The van der Waals surface area contributed by atoms with Gasteiger partial charge in [0.15, 0.2) is 11.7 Å². The Labute approximate surface area is 183 Å². The summed E-state index contributed by atoms with van der Waals surface area (Å²) in [5.41, 5.74) is 2.34. The molecule has 1 aromatic heterocycles. The molecular formula is C20H29IN4O3. The van der Waals surface area contributed by atoms with Gasteiger partial charge < -0.3 is 25.1 Å². The fourth-order valence-corrected chi connectivity index (χ4v) is 2.58. The maximum Gasteiger partial charge on any atom is 0.287 e. The molecule has 3 N–H and O–H groups in total. The summed E-state index contributed by atoms with van der Waals surface area (Å²) in [6.45, 7) is 6.50. The lowest BCUT2D eigenvalue weighted by molar-refractivity contribution is 0.0926. The minimum Gasteiger partial charge on any atom is -0.496 e. The number of carbonyl (C=O) groups is 1. The highest BCUT2D eigenvalue weighted by molar-refractivity contribution is 14.0. The van der Waals surface area contributed by atoms with Crippen LogP contribution in [0, 0.1) is 6.92 Å². The fourth-order valence-electron chi connectivity index (χ4n) is 2.58. The van der Waals surface area contributed by atoms with Crippen molar-refractivity contribution in [2.45, 2.75) is 20.3 Å². The summed E-state index contributed by atoms with van der Waals surface area (Å²) in [5.74, 6) is 1.68. The number of nitrogens with zero attached hydrogens (tertiary/aromatic N) is 1. The number of methoxy groups -OCH3 is 1. The first-order valence-corrected chi connectivity index (χ1v) is 9.11. The van der Waals surface area contributed by atoms with Gasteiger partial charge in [0.05, 0.1) is 13.4 Å². The zero-order valence-electron chi connectivity index (χ0n) is 16.6. The van der Waals surface area contributed by atoms with Crippen LogP contribution in [0.4, 0.5) is 0 Å². The van der Waals surface area contributed by atoms with E-state index in [4.69, 9.17) is 9.15 Å². The van der Waals surface area contributed by atoms with Gasteiger partial charge in [-0.25, -0.2) is 0 Å². The average molecular weight is 500 g/mol. The third-order valence-electron chi connectivity index (χ3n) is 3.88. The van der Waals surface area contributed by atoms with Crippen LogP contribution in [0.25, 0.3) is 0 Å². The first-order valence-electron chi connectivity index (χ1n) is 9.11. The standard InChI is InChI=1S/C20H28N4O3.HI/c1-4-21-20(24-12-11-22-19(25)18-6-5-13-27-18)23-10-9-16-14-15(2)7-8-17(16)26-3;/h5-8,13-14H,4,9-12H2,1-3H3,(H,22,25)(H2,21,23,24);1H. The third kappa shape index (κ3) is 7.79. The van der Waals surface area contributed by atoms with Crippen molar-refractivity contribution in [2.24, 2.45) is 4.99 Å². The molecule has 1 amide bonds. The number of aliphatic imine (C=N–C) groups is 1. The van der Waals surface area contributed by atoms with Crippen LogP contribution in [0.3, 0.4) is 0 Å². The Kier molecular flexibility index (Phi) is 11.1. The van der Waals surface area contributed by atoms with Gasteiger partial charge in [0.1, 0.15) is 5.75 Å². The van der Waals surface area contributed by atoms with Gasteiger partial charge in [-0.2, -0.15) is 0 Å². The molecule has 2 aromatic rings. The van der Waals surface area contributed by atoms with Crippen LogP contribution in [0.15, 0.2) is 46.0 Å². The molecule has 0 saturated carbocycles. The zero-order valence-corrected chi connectivity index (χ0v) is 18.9. The van der Waals surface area contributed by atoms with Crippen LogP contribution in [-0.2, 0) is 6.42 Å². The topological polar surface area (TPSA) is 87.9 Å². The predicted octanol–water partition coefficient (Wildman–Crippen LogP) is 2.74. The molecule has 0 fully saturated rings. The van der Waals surface area contributed by atoms with E-state index in [0.29, 0.717) is 25.4 Å². The monoisotopic (exact) mass is 500 g/mol.